The van der Waals surface area contributed by atoms with Crippen LogP contribution in [-0.2, 0) is 13.0 Å². The van der Waals surface area contributed by atoms with Crippen LogP contribution in [0.25, 0.3) is 0 Å². The normalized spacial score (nSPS) is 10.6. The fourth-order valence-corrected chi connectivity index (χ4v) is 3.63. The maximum atomic E-state index is 5.29. The topological polar surface area (TPSA) is 54.9 Å². The lowest BCUT2D eigenvalue weighted by Crippen LogP contribution is -2.17. The first-order valence-electron chi connectivity index (χ1n) is 5.98. The van der Waals surface area contributed by atoms with E-state index in [0.29, 0.717) is 11.3 Å². The second kappa shape index (κ2) is 6.73. The predicted molar refractivity (Wildman–Crippen MR) is 88.2 cm³/mol. The van der Waals surface area contributed by atoms with Crippen LogP contribution in [0, 0.1) is 4.77 Å². The van der Waals surface area contributed by atoms with Crippen LogP contribution in [0.4, 0.5) is 0 Å². The number of rotatable bonds is 5. The third kappa shape index (κ3) is 3.24. The summed E-state index contributed by atoms with van der Waals surface area (Å²) in [5, 5.41) is 6.93. The molecule has 0 unspecified atom stereocenters. The van der Waals surface area contributed by atoms with E-state index in [1.807, 2.05) is 19.1 Å². The maximum absolute atomic E-state index is 5.29. The molecule has 0 aliphatic rings. The van der Waals surface area contributed by atoms with Gasteiger partial charge in [-0.05, 0) is 61.8 Å². The van der Waals surface area contributed by atoms with Crippen LogP contribution in [0.5, 0.6) is 5.75 Å². The number of hydrogen-bond acceptors (Lipinski definition) is 4. The van der Waals surface area contributed by atoms with Gasteiger partial charge in [-0.15, -0.1) is 0 Å². The summed E-state index contributed by atoms with van der Waals surface area (Å²) in [7, 11) is 1.64. The van der Waals surface area contributed by atoms with Gasteiger partial charge in [-0.1, -0.05) is 6.92 Å². The van der Waals surface area contributed by atoms with Gasteiger partial charge >= 0.3 is 0 Å². The average molecular weight is 422 g/mol. The number of methoxy groups -OCH3 is 1. The van der Waals surface area contributed by atoms with E-state index < -0.39 is 0 Å². The minimum atomic E-state index is 0.563. The molecule has 2 N–H and O–H groups in total. The maximum Gasteiger partial charge on any atom is 0.214 e. The minimum Gasteiger partial charge on any atom is -0.494 e. The van der Waals surface area contributed by atoms with Crippen LogP contribution in [0.2, 0.25) is 0 Å². The second-order valence-electron chi connectivity index (χ2n) is 4.06. The van der Waals surface area contributed by atoms with Crippen LogP contribution in [0.3, 0.4) is 0 Å². The van der Waals surface area contributed by atoms with Crippen LogP contribution >= 0.6 is 44.1 Å². The number of H-pyrrole nitrogens is 1. The molecule has 0 atom stereocenters. The third-order valence-corrected chi connectivity index (χ3v) is 4.21. The van der Waals surface area contributed by atoms with Crippen LogP contribution in [0.15, 0.2) is 21.1 Å². The molecule has 0 saturated carbocycles. The number of nitrogens with zero attached hydrogens (tertiary/aromatic N) is 2. The predicted octanol–water partition coefficient (Wildman–Crippen LogP) is 3.78. The molecule has 0 amide bonds. The Labute approximate surface area is 139 Å². The van der Waals surface area contributed by atoms with Crippen molar-refractivity contribution in [1.29, 1.82) is 0 Å². The quantitative estimate of drug-likeness (QED) is 0.721. The molecule has 0 bridgehead atoms. The highest BCUT2D eigenvalue weighted by Crippen LogP contribution is 2.34. The molecule has 2 aromatic rings. The van der Waals surface area contributed by atoms with Crippen molar-refractivity contribution in [3.8, 4) is 5.75 Å². The van der Waals surface area contributed by atoms with E-state index in [-0.39, 0.29) is 0 Å². The van der Waals surface area contributed by atoms with E-state index in [4.69, 9.17) is 17.0 Å². The molecule has 0 radical (unpaired) electrons. The largest absolute Gasteiger partial charge is 0.494 e. The summed E-state index contributed by atoms with van der Waals surface area (Å²) in [6.07, 6.45) is 0.802. The molecule has 20 heavy (non-hydrogen) atoms. The van der Waals surface area contributed by atoms with Crippen molar-refractivity contribution in [2.75, 3.05) is 12.5 Å². The number of nitrogens with one attached hydrogen (secondary N) is 2. The van der Waals surface area contributed by atoms with Gasteiger partial charge in [0.1, 0.15) is 5.75 Å². The third-order valence-electron chi connectivity index (χ3n) is 2.76. The minimum absolute atomic E-state index is 0.563. The number of hydrogen-bond donors (Lipinski definition) is 2. The van der Waals surface area contributed by atoms with Gasteiger partial charge in [-0.25, -0.2) is 4.68 Å². The number of aryl methyl sites for hydroxylation is 1. The van der Waals surface area contributed by atoms with E-state index >= 15 is 0 Å². The highest BCUT2D eigenvalue weighted by atomic mass is 79.9. The fourth-order valence-electron chi connectivity index (χ4n) is 1.81. The highest BCUT2D eigenvalue weighted by molar-refractivity contribution is 9.11. The van der Waals surface area contributed by atoms with E-state index in [1.54, 1.807) is 11.8 Å². The number of aromatic amines is 1. The lowest BCUT2D eigenvalue weighted by molar-refractivity contribution is 0.409. The van der Waals surface area contributed by atoms with Crippen molar-refractivity contribution in [3.63, 3.8) is 0 Å². The molecule has 1 aromatic carbocycles. The van der Waals surface area contributed by atoms with Crippen LogP contribution in [0.1, 0.15) is 18.3 Å². The Hall–Kier alpha value is -0.860. The molecular formula is C12H14Br2N4OS. The summed E-state index contributed by atoms with van der Waals surface area (Å²) in [6.45, 7) is 2.66. The lowest BCUT2D eigenvalue weighted by Gasteiger charge is -2.12. The molecule has 8 heteroatoms. The van der Waals surface area contributed by atoms with Gasteiger partial charge in [-0.3, -0.25) is 5.10 Å². The molecule has 0 aliphatic carbocycles. The van der Waals surface area contributed by atoms with Crippen molar-refractivity contribution in [3.05, 3.63) is 37.2 Å². The highest BCUT2D eigenvalue weighted by Gasteiger charge is 2.09. The molecule has 0 aliphatic heterocycles. The first kappa shape index (κ1) is 15.5. The van der Waals surface area contributed by atoms with Gasteiger partial charge in [-0.2, -0.15) is 5.10 Å². The van der Waals surface area contributed by atoms with Crippen molar-refractivity contribution < 1.29 is 4.74 Å². The van der Waals surface area contributed by atoms with Crippen molar-refractivity contribution in [2.45, 2.75) is 19.9 Å². The summed E-state index contributed by atoms with van der Waals surface area (Å²) in [5.41, 5.74) is 4.35. The molecule has 5 nitrogen and oxygen atoms in total. The molecule has 2 rings (SSSR count). The zero-order valence-electron chi connectivity index (χ0n) is 11.0. The van der Waals surface area contributed by atoms with E-state index in [0.717, 1.165) is 32.5 Å². The molecule has 0 spiro atoms. The summed E-state index contributed by atoms with van der Waals surface area (Å²) in [6, 6.07) is 4.01. The Balaban J connectivity index is 2.19. The summed E-state index contributed by atoms with van der Waals surface area (Å²) in [4.78, 5) is 0. The summed E-state index contributed by atoms with van der Waals surface area (Å²) in [5.74, 6) is 1.66. The molecule has 1 heterocycles. The van der Waals surface area contributed by atoms with Crippen LogP contribution in [-0.4, -0.2) is 22.0 Å². The molecule has 0 fully saturated rings. The second-order valence-corrected chi connectivity index (χ2v) is 6.16. The zero-order chi connectivity index (χ0) is 14.7. The van der Waals surface area contributed by atoms with Crippen LogP contribution < -0.4 is 10.2 Å². The average Bonchev–Trinajstić information content (AvgIpc) is 2.76. The van der Waals surface area contributed by atoms with Gasteiger partial charge in [0.25, 0.3) is 0 Å². The first-order chi connectivity index (χ1) is 9.56. The van der Waals surface area contributed by atoms with Crippen molar-refractivity contribution in [1.82, 2.24) is 14.9 Å². The fraction of sp³-hybridized carbons (Fsp3) is 0.333. The smallest absolute Gasteiger partial charge is 0.214 e. The molecule has 108 valence electrons. The number of aromatic nitrogens is 3. The zero-order valence-corrected chi connectivity index (χ0v) is 15.0. The van der Waals surface area contributed by atoms with E-state index in [2.05, 4.69) is 47.5 Å². The standard InChI is InChI=1S/C12H14Br2N4OS/c1-3-10-16-17-12(20)18(10)15-6-7-4-8(13)11(19-2)9(14)5-7/h4-5,15H,3,6H2,1-2H3,(H,17,20). The van der Waals surface area contributed by atoms with Gasteiger partial charge in [0.05, 0.1) is 22.6 Å². The summed E-state index contributed by atoms with van der Waals surface area (Å²) >= 11 is 12.2. The lowest BCUT2D eigenvalue weighted by atomic mass is 10.2. The number of benzene rings is 1. The molecule has 0 saturated heterocycles. The van der Waals surface area contributed by atoms with E-state index in [9.17, 15) is 0 Å². The Bertz CT molecular complexity index is 645. The number of halogens is 2. The Morgan fingerprint density at radius 2 is 2.05 bits per heavy atom. The van der Waals surface area contributed by atoms with Gasteiger partial charge in [0.2, 0.25) is 4.77 Å². The SMILES string of the molecule is CCc1n[nH]c(=S)n1NCc1cc(Br)c(OC)c(Br)c1. The van der Waals surface area contributed by atoms with Gasteiger partial charge in [0, 0.05) is 6.42 Å². The molecule has 1 aromatic heterocycles. The Kier molecular flexibility index (Phi) is 5.22. The monoisotopic (exact) mass is 420 g/mol. The van der Waals surface area contributed by atoms with Gasteiger partial charge in [0.15, 0.2) is 5.82 Å². The van der Waals surface area contributed by atoms with E-state index in [1.165, 1.54) is 0 Å². The Morgan fingerprint density at radius 1 is 1.40 bits per heavy atom. The Morgan fingerprint density at radius 3 is 2.60 bits per heavy atom. The first-order valence-corrected chi connectivity index (χ1v) is 7.98. The van der Waals surface area contributed by atoms with Crippen molar-refractivity contribution >= 4 is 44.1 Å². The van der Waals surface area contributed by atoms with Crippen molar-refractivity contribution in [2.24, 2.45) is 0 Å². The summed E-state index contributed by atoms with van der Waals surface area (Å²) < 4.78 is 9.44. The molecular weight excluding hydrogens is 408 g/mol. The van der Waals surface area contributed by atoms with Gasteiger partial charge < -0.3 is 10.2 Å². The number of ether oxygens (including phenoxy) is 1.